The molecule has 0 amide bonds. The van der Waals surface area contributed by atoms with E-state index in [2.05, 4.69) is 302 Å². The molecule has 0 saturated heterocycles. The molecule has 0 radical (unpaired) electrons. The first-order valence-electron chi connectivity index (χ1n) is 28.0. The molecule has 5 heteroatoms. The Bertz CT molecular complexity index is 4000. The van der Waals surface area contributed by atoms with Gasteiger partial charge < -0.3 is 14.7 Å². The topological polar surface area (TPSA) is 9.72 Å². The predicted octanol–water partition coefficient (Wildman–Crippen LogP) is 18.2. The van der Waals surface area contributed by atoms with Crippen LogP contribution in [-0.4, -0.2) is 6.71 Å². The van der Waals surface area contributed by atoms with Gasteiger partial charge in [-0.25, -0.2) is 0 Å². The molecular formula is C73H66BN3S. The SMILES string of the molecule is Cc1ccc(N2c3ccc(C)cc3B3c4sc5c(c4N(c4cc(C(C)(C)C)cc(C(C)(C)C)c4)c4cc(C(C)(C)C)cc2c43)-c2ccccc2C52c3ccccc3-c3c(N(c4ccccc4)c4ccccc4)cccc32)cc1. The van der Waals surface area contributed by atoms with E-state index in [1.807, 2.05) is 0 Å². The van der Waals surface area contributed by atoms with Gasteiger partial charge in [0.1, 0.15) is 0 Å². The molecule has 1 spiro atoms. The molecule has 0 bridgehead atoms. The lowest BCUT2D eigenvalue weighted by Crippen LogP contribution is -2.60. The van der Waals surface area contributed by atoms with Crippen LogP contribution in [0.2, 0.25) is 0 Å². The van der Waals surface area contributed by atoms with E-state index in [0.717, 1.165) is 11.4 Å². The molecule has 2 aliphatic heterocycles. The number of hydrogen-bond donors (Lipinski definition) is 0. The smallest absolute Gasteiger partial charge is 0.264 e. The Morgan fingerprint density at radius 2 is 0.949 bits per heavy atom. The van der Waals surface area contributed by atoms with Crippen LogP contribution in [0.25, 0.3) is 22.3 Å². The Morgan fingerprint density at radius 3 is 1.54 bits per heavy atom. The lowest BCUT2D eigenvalue weighted by molar-refractivity contribution is 0.569. The van der Waals surface area contributed by atoms with E-state index in [9.17, 15) is 0 Å². The number of para-hydroxylation sites is 2. The summed E-state index contributed by atoms with van der Waals surface area (Å²) in [6, 6.07) is 76.9. The zero-order valence-corrected chi connectivity index (χ0v) is 47.7. The number of thiophene rings is 1. The fourth-order valence-corrected chi connectivity index (χ4v) is 15.2. The van der Waals surface area contributed by atoms with Crippen molar-refractivity contribution in [3.8, 4) is 22.3 Å². The molecule has 2 aliphatic carbocycles. The normalized spacial score (nSPS) is 15.6. The maximum absolute atomic E-state index is 2.76. The summed E-state index contributed by atoms with van der Waals surface area (Å²) < 4.78 is 1.40. The molecule has 3 nitrogen and oxygen atoms in total. The molecule has 10 aromatic rings. The first-order valence-corrected chi connectivity index (χ1v) is 28.8. The summed E-state index contributed by atoms with van der Waals surface area (Å²) >= 11 is 2.07. The van der Waals surface area contributed by atoms with E-state index in [0.29, 0.717) is 0 Å². The van der Waals surface area contributed by atoms with E-state index in [1.54, 1.807) is 0 Å². The molecule has 4 aliphatic rings. The zero-order chi connectivity index (χ0) is 53.8. The van der Waals surface area contributed by atoms with E-state index in [-0.39, 0.29) is 23.0 Å². The van der Waals surface area contributed by atoms with Gasteiger partial charge in [-0.05, 0) is 158 Å². The van der Waals surface area contributed by atoms with Gasteiger partial charge >= 0.3 is 0 Å². The van der Waals surface area contributed by atoms with Crippen molar-refractivity contribution < 1.29 is 0 Å². The van der Waals surface area contributed by atoms with Crippen LogP contribution >= 0.6 is 11.3 Å². The largest absolute Gasteiger partial charge is 0.311 e. The second kappa shape index (κ2) is 17.1. The van der Waals surface area contributed by atoms with Crippen LogP contribution in [0.1, 0.15) is 112 Å². The zero-order valence-electron chi connectivity index (χ0n) is 46.9. The lowest BCUT2D eigenvalue weighted by atomic mass is 9.36. The third kappa shape index (κ3) is 7.02. The lowest BCUT2D eigenvalue weighted by Gasteiger charge is -2.45. The molecular weight excluding hydrogens is 962 g/mol. The maximum atomic E-state index is 2.76. The third-order valence-corrected chi connectivity index (χ3v) is 18.7. The van der Waals surface area contributed by atoms with Crippen LogP contribution in [0, 0.1) is 13.8 Å². The predicted molar refractivity (Wildman–Crippen MR) is 335 cm³/mol. The molecule has 1 aromatic heterocycles. The van der Waals surface area contributed by atoms with Gasteiger partial charge in [0.2, 0.25) is 0 Å². The molecule has 3 heterocycles. The first-order chi connectivity index (χ1) is 37.4. The van der Waals surface area contributed by atoms with Crippen molar-refractivity contribution >= 4 is 84.9 Å². The number of aryl methyl sites for hydroxylation is 2. The first kappa shape index (κ1) is 48.5. The summed E-state index contributed by atoms with van der Waals surface area (Å²) in [4.78, 5) is 9.21. The Labute approximate surface area is 466 Å². The Hall–Kier alpha value is -7.86. The van der Waals surface area contributed by atoms with Crippen molar-refractivity contribution in [3.05, 3.63) is 250 Å². The number of anilines is 9. The molecule has 0 saturated carbocycles. The second-order valence-corrected chi connectivity index (χ2v) is 26.6. The summed E-state index contributed by atoms with van der Waals surface area (Å²) in [7, 11) is 0. The van der Waals surface area contributed by atoms with Gasteiger partial charge in [0.05, 0.1) is 16.8 Å². The second-order valence-electron chi connectivity index (χ2n) is 25.5. The molecule has 14 rings (SSSR count). The number of benzene rings is 9. The molecule has 0 fully saturated rings. The van der Waals surface area contributed by atoms with Gasteiger partial charge in [-0.2, -0.15) is 0 Å². The fourth-order valence-electron chi connectivity index (χ4n) is 13.5. The van der Waals surface area contributed by atoms with Crippen LogP contribution in [0.4, 0.5) is 51.2 Å². The quantitative estimate of drug-likeness (QED) is 0.159. The van der Waals surface area contributed by atoms with Crippen molar-refractivity contribution in [2.45, 2.75) is 97.8 Å². The maximum Gasteiger partial charge on any atom is 0.264 e. The molecule has 1 atom stereocenters. The van der Waals surface area contributed by atoms with Crippen molar-refractivity contribution in [2.75, 3.05) is 14.7 Å². The van der Waals surface area contributed by atoms with Crippen LogP contribution in [0.15, 0.2) is 200 Å². The highest BCUT2D eigenvalue weighted by molar-refractivity contribution is 7.30. The summed E-state index contributed by atoms with van der Waals surface area (Å²) in [5.74, 6) is 0. The molecule has 9 aromatic carbocycles. The van der Waals surface area contributed by atoms with Gasteiger partial charge in [-0.1, -0.05) is 201 Å². The van der Waals surface area contributed by atoms with Crippen LogP contribution in [-0.2, 0) is 21.7 Å². The number of nitrogens with zero attached hydrogens (tertiary/aromatic N) is 3. The van der Waals surface area contributed by atoms with Gasteiger partial charge in [-0.15, -0.1) is 11.3 Å². The minimum atomic E-state index is -0.603. The van der Waals surface area contributed by atoms with Crippen molar-refractivity contribution in [1.29, 1.82) is 0 Å². The van der Waals surface area contributed by atoms with Gasteiger partial charge in [0, 0.05) is 60.6 Å². The van der Waals surface area contributed by atoms with Crippen molar-refractivity contribution in [1.82, 2.24) is 0 Å². The summed E-state index contributed by atoms with van der Waals surface area (Å²) in [6.45, 7) is 25.8. The van der Waals surface area contributed by atoms with Crippen LogP contribution in [0.3, 0.4) is 0 Å². The average Bonchev–Trinajstić information content (AvgIpc) is 2.28. The van der Waals surface area contributed by atoms with Gasteiger partial charge in [-0.3, -0.25) is 0 Å². The van der Waals surface area contributed by atoms with Crippen LogP contribution in [0.5, 0.6) is 0 Å². The van der Waals surface area contributed by atoms with Crippen LogP contribution < -0.4 is 30.4 Å². The monoisotopic (exact) mass is 1030 g/mol. The van der Waals surface area contributed by atoms with E-state index < -0.39 is 5.41 Å². The number of fused-ring (bicyclic) bond motifs is 15. The molecule has 1 unspecified atom stereocenters. The Kier molecular flexibility index (Phi) is 10.6. The van der Waals surface area contributed by atoms with Gasteiger partial charge in [0.25, 0.3) is 6.71 Å². The summed E-state index contributed by atoms with van der Waals surface area (Å²) in [6.07, 6.45) is 0. The minimum Gasteiger partial charge on any atom is -0.311 e. The highest BCUT2D eigenvalue weighted by atomic mass is 32.1. The molecule has 382 valence electrons. The Morgan fingerprint density at radius 1 is 0.436 bits per heavy atom. The highest BCUT2D eigenvalue weighted by Gasteiger charge is 2.57. The minimum absolute atomic E-state index is 0.0336. The van der Waals surface area contributed by atoms with E-state index in [4.69, 9.17) is 0 Å². The third-order valence-electron chi connectivity index (χ3n) is 17.4. The Balaban J connectivity index is 1.14. The van der Waals surface area contributed by atoms with Gasteiger partial charge in [0.15, 0.2) is 0 Å². The molecule has 78 heavy (non-hydrogen) atoms. The average molecular weight is 1030 g/mol. The highest BCUT2D eigenvalue weighted by Crippen LogP contribution is 2.68. The van der Waals surface area contributed by atoms with E-state index >= 15 is 0 Å². The summed E-state index contributed by atoms with van der Waals surface area (Å²) in [5, 5.41) is 0. The number of rotatable bonds is 5. The summed E-state index contributed by atoms with van der Waals surface area (Å²) in [5.41, 5.74) is 28.4. The van der Waals surface area contributed by atoms with Crippen molar-refractivity contribution in [3.63, 3.8) is 0 Å². The van der Waals surface area contributed by atoms with E-state index in [1.165, 1.54) is 127 Å². The standard InChI is InChI=1S/C73H66BN3S/c1-45-33-36-52(37-34-45)76-60-38-35-46(2)39-59(60)74-66-62(76)43-49(72(9,10)11)44-63(66)77(53-41-47(70(3,4)5)40-48(42-53)71(6,7)8)67-65-55-28-19-21-30-57(55)73(68(65)78-69(67)74)56-29-20-18-27-54(56)64-58(73)31-22-32-61(64)75(50-23-14-12-15-24-50)51-25-16-13-17-26-51/h12-44H,1-11H3. The molecule has 0 N–H and O–H groups in total. The number of hydrogen-bond acceptors (Lipinski definition) is 4. The fraction of sp³-hybridized carbons (Fsp3) is 0.205. The van der Waals surface area contributed by atoms with Crippen molar-refractivity contribution in [2.24, 2.45) is 0 Å².